The number of benzene rings is 2. The summed E-state index contributed by atoms with van der Waals surface area (Å²) < 4.78 is 26.7. The molecule has 0 bridgehead atoms. The van der Waals surface area contributed by atoms with Crippen LogP contribution in [0.1, 0.15) is 42.1 Å². The average Bonchev–Trinajstić information content (AvgIpc) is 2.63. The molecule has 0 unspecified atom stereocenters. The summed E-state index contributed by atoms with van der Waals surface area (Å²) in [6, 6.07) is 12.2. The third kappa shape index (κ3) is 4.96. The Hall–Kier alpha value is -2.18. The summed E-state index contributed by atoms with van der Waals surface area (Å²) in [5.41, 5.74) is 4.52. The minimum atomic E-state index is -3.69. The number of likely N-dealkylation sites (N-methyl/N-ethyl adjacent to an activating group) is 1. The van der Waals surface area contributed by atoms with Crippen molar-refractivity contribution in [3.05, 3.63) is 64.7 Å². The zero-order chi connectivity index (χ0) is 20.2. The Kier molecular flexibility index (Phi) is 6.78. The summed E-state index contributed by atoms with van der Waals surface area (Å²) >= 11 is 0. The van der Waals surface area contributed by atoms with Gasteiger partial charge in [-0.05, 0) is 62.1 Å². The Morgan fingerprint density at radius 3 is 2.22 bits per heavy atom. The van der Waals surface area contributed by atoms with Gasteiger partial charge in [0.15, 0.2) is 0 Å². The number of nitrogens with zero attached hydrogens (tertiary/aromatic N) is 1. The van der Waals surface area contributed by atoms with E-state index in [-0.39, 0.29) is 29.9 Å². The normalized spacial score (nSPS) is 12.8. The fraction of sp³-hybridized carbons (Fsp3) is 0.381. The van der Waals surface area contributed by atoms with Crippen molar-refractivity contribution in [2.24, 2.45) is 0 Å². The van der Waals surface area contributed by atoms with E-state index in [1.807, 2.05) is 20.8 Å². The van der Waals surface area contributed by atoms with Crippen LogP contribution in [-0.4, -0.2) is 31.7 Å². The van der Waals surface area contributed by atoms with Gasteiger partial charge < -0.3 is 5.32 Å². The number of aryl methyl sites for hydroxylation is 3. The quantitative estimate of drug-likeness (QED) is 0.789. The fourth-order valence-electron chi connectivity index (χ4n) is 3.08. The molecule has 146 valence electrons. The molecule has 0 radical (unpaired) electrons. The highest BCUT2D eigenvalue weighted by atomic mass is 32.2. The van der Waals surface area contributed by atoms with Gasteiger partial charge in [0.25, 0.3) is 0 Å². The van der Waals surface area contributed by atoms with Crippen molar-refractivity contribution in [2.45, 2.75) is 45.6 Å². The Morgan fingerprint density at radius 1 is 1.04 bits per heavy atom. The van der Waals surface area contributed by atoms with Crippen LogP contribution < -0.4 is 5.32 Å². The molecule has 0 heterocycles. The van der Waals surface area contributed by atoms with Crippen LogP contribution >= 0.6 is 0 Å². The number of sulfonamides is 1. The van der Waals surface area contributed by atoms with Gasteiger partial charge in [-0.2, -0.15) is 4.31 Å². The van der Waals surface area contributed by atoms with Gasteiger partial charge in [0.05, 0.1) is 17.5 Å². The van der Waals surface area contributed by atoms with Crippen LogP contribution in [0.4, 0.5) is 0 Å². The van der Waals surface area contributed by atoms with Crippen LogP contribution in [0.25, 0.3) is 0 Å². The molecular weight excluding hydrogens is 360 g/mol. The number of rotatable bonds is 7. The second-order valence-corrected chi connectivity index (χ2v) is 8.76. The summed E-state index contributed by atoms with van der Waals surface area (Å²) in [4.78, 5) is 12.7. The first kappa shape index (κ1) is 21.1. The van der Waals surface area contributed by atoms with Crippen molar-refractivity contribution in [1.29, 1.82) is 0 Å². The lowest BCUT2D eigenvalue weighted by Crippen LogP contribution is -2.41. The predicted octanol–water partition coefficient (Wildman–Crippen LogP) is 3.50. The molecule has 6 heteroatoms. The van der Waals surface area contributed by atoms with Gasteiger partial charge >= 0.3 is 0 Å². The maximum Gasteiger partial charge on any atom is 0.243 e. The van der Waals surface area contributed by atoms with E-state index < -0.39 is 10.0 Å². The van der Waals surface area contributed by atoms with E-state index in [0.717, 1.165) is 11.1 Å². The first-order valence-electron chi connectivity index (χ1n) is 9.09. The SMILES string of the molecule is CCN(CC(=O)N[C@@H](C)c1cc(C)c(C)cc1C)S(=O)(=O)c1ccccc1. The molecule has 1 N–H and O–H groups in total. The van der Waals surface area contributed by atoms with Gasteiger partial charge in [0.1, 0.15) is 0 Å². The van der Waals surface area contributed by atoms with Crippen LogP contribution in [0, 0.1) is 20.8 Å². The number of carbonyl (C=O) groups excluding carboxylic acids is 1. The topological polar surface area (TPSA) is 66.5 Å². The fourth-order valence-corrected chi connectivity index (χ4v) is 4.51. The van der Waals surface area contributed by atoms with Crippen molar-refractivity contribution < 1.29 is 13.2 Å². The molecule has 0 saturated heterocycles. The molecule has 0 aliphatic rings. The van der Waals surface area contributed by atoms with E-state index in [1.165, 1.54) is 27.6 Å². The molecule has 0 saturated carbocycles. The molecular formula is C21H28N2O3S. The first-order valence-corrected chi connectivity index (χ1v) is 10.5. The summed E-state index contributed by atoms with van der Waals surface area (Å²) in [6.45, 7) is 9.77. The minimum absolute atomic E-state index is 0.192. The van der Waals surface area contributed by atoms with Crippen LogP contribution in [0.15, 0.2) is 47.4 Å². The van der Waals surface area contributed by atoms with E-state index in [1.54, 1.807) is 25.1 Å². The molecule has 0 spiro atoms. The van der Waals surface area contributed by atoms with Gasteiger partial charge in [-0.1, -0.05) is 37.3 Å². The molecule has 0 aliphatic carbocycles. The van der Waals surface area contributed by atoms with Gasteiger partial charge in [-0.3, -0.25) is 4.79 Å². The van der Waals surface area contributed by atoms with Crippen molar-refractivity contribution in [1.82, 2.24) is 9.62 Å². The molecule has 2 rings (SSSR count). The molecule has 5 nitrogen and oxygen atoms in total. The average molecular weight is 389 g/mol. The number of amides is 1. The third-order valence-corrected chi connectivity index (χ3v) is 6.72. The predicted molar refractivity (Wildman–Crippen MR) is 108 cm³/mol. The molecule has 2 aromatic carbocycles. The number of hydrogen-bond donors (Lipinski definition) is 1. The van der Waals surface area contributed by atoms with Gasteiger partial charge in [-0.15, -0.1) is 0 Å². The maximum atomic E-state index is 12.7. The van der Waals surface area contributed by atoms with Gasteiger partial charge in [0.2, 0.25) is 15.9 Å². The van der Waals surface area contributed by atoms with E-state index >= 15 is 0 Å². The molecule has 1 amide bonds. The molecule has 2 aromatic rings. The summed E-state index contributed by atoms with van der Waals surface area (Å²) in [5.74, 6) is -0.318. The van der Waals surface area contributed by atoms with E-state index in [0.29, 0.717) is 0 Å². The van der Waals surface area contributed by atoms with Crippen LogP contribution in [0.3, 0.4) is 0 Å². The van der Waals surface area contributed by atoms with Crippen molar-refractivity contribution in [3.8, 4) is 0 Å². The molecule has 0 fully saturated rings. The van der Waals surface area contributed by atoms with Crippen LogP contribution in [0.2, 0.25) is 0 Å². The lowest BCUT2D eigenvalue weighted by atomic mass is 9.96. The third-order valence-electron chi connectivity index (χ3n) is 4.78. The van der Waals surface area contributed by atoms with Crippen molar-refractivity contribution in [3.63, 3.8) is 0 Å². The van der Waals surface area contributed by atoms with Gasteiger partial charge in [0, 0.05) is 6.54 Å². The van der Waals surface area contributed by atoms with E-state index in [2.05, 4.69) is 24.4 Å². The zero-order valence-electron chi connectivity index (χ0n) is 16.6. The number of nitrogens with one attached hydrogen (secondary N) is 1. The monoisotopic (exact) mass is 388 g/mol. The first-order chi connectivity index (χ1) is 12.7. The second-order valence-electron chi connectivity index (χ2n) is 6.83. The van der Waals surface area contributed by atoms with E-state index in [4.69, 9.17) is 0 Å². The second kappa shape index (κ2) is 8.67. The number of carbonyl (C=O) groups is 1. The van der Waals surface area contributed by atoms with Crippen LogP contribution in [0.5, 0.6) is 0 Å². The molecule has 0 aromatic heterocycles. The van der Waals surface area contributed by atoms with Gasteiger partial charge in [-0.25, -0.2) is 8.42 Å². The lowest BCUT2D eigenvalue weighted by molar-refractivity contribution is -0.121. The Labute approximate surface area is 162 Å². The Bertz CT molecular complexity index is 909. The lowest BCUT2D eigenvalue weighted by Gasteiger charge is -2.23. The van der Waals surface area contributed by atoms with Crippen LogP contribution in [-0.2, 0) is 14.8 Å². The highest BCUT2D eigenvalue weighted by Gasteiger charge is 2.25. The summed E-state index contributed by atoms with van der Waals surface area (Å²) in [7, 11) is -3.69. The Morgan fingerprint density at radius 2 is 1.63 bits per heavy atom. The maximum absolute atomic E-state index is 12.7. The molecule has 0 aliphatic heterocycles. The Balaban J connectivity index is 2.13. The molecule has 27 heavy (non-hydrogen) atoms. The molecule has 1 atom stereocenters. The largest absolute Gasteiger partial charge is 0.348 e. The van der Waals surface area contributed by atoms with E-state index in [9.17, 15) is 13.2 Å². The summed E-state index contributed by atoms with van der Waals surface area (Å²) in [5, 5.41) is 2.93. The highest BCUT2D eigenvalue weighted by Crippen LogP contribution is 2.22. The minimum Gasteiger partial charge on any atom is -0.348 e. The smallest absolute Gasteiger partial charge is 0.243 e. The van der Waals surface area contributed by atoms with Crippen molar-refractivity contribution >= 4 is 15.9 Å². The number of hydrogen-bond acceptors (Lipinski definition) is 3. The summed E-state index contributed by atoms with van der Waals surface area (Å²) in [6.07, 6.45) is 0. The van der Waals surface area contributed by atoms with Crippen molar-refractivity contribution in [2.75, 3.05) is 13.1 Å². The standard InChI is InChI=1S/C21H28N2O3S/c1-6-23(27(25,26)19-10-8-7-9-11-19)14-21(24)22-18(5)20-13-16(3)15(2)12-17(20)4/h7-13,18H,6,14H2,1-5H3,(H,22,24)/t18-/m0/s1. The zero-order valence-corrected chi connectivity index (χ0v) is 17.4. The highest BCUT2D eigenvalue weighted by molar-refractivity contribution is 7.89.